The summed E-state index contributed by atoms with van der Waals surface area (Å²) in [6.45, 7) is 1.10. The third-order valence-electron chi connectivity index (χ3n) is 9.24. The summed E-state index contributed by atoms with van der Waals surface area (Å²) in [6, 6.07) is 0. The number of hydrogen-bond donors (Lipinski definition) is 3. The molecular formula is C39H74O6. The van der Waals surface area contributed by atoms with Crippen molar-refractivity contribution in [3.05, 3.63) is 0 Å². The molecule has 0 aromatic carbocycles. The van der Waals surface area contributed by atoms with E-state index in [0.29, 0.717) is 11.6 Å². The molecule has 2 atom stereocenters. The third kappa shape index (κ3) is 32.6. The van der Waals surface area contributed by atoms with E-state index in [4.69, 9.17) is 5.11 Å². The van der Waals surface area contributed by atoms with E-state index in [1.165, 1.54) is 141 Å². The molecule has 0 heterocycles. The van der Waals surface area contributed by atoms with Gasteiger partial charge in [0.1, 0.15) is 23.8 Å². The normalized spacial score (nSPS) is 12.8. The Morgan fingerprint density at radius 3 is 0.911 bits per heavy atom. The molecule has 0 aliphatic carbocycles. The zero-order chi connectivity index (χ0) is 33.2. The first-order valence-electron chi connectivity index (χ1n) is 19.4. The topological polar surface area (TPSA) is 112 Å². The Kier molecular flexibility index (Phi) is 33.4. The number of unbranched alkanes of at least 4 members (excludes halogenated alkanes) is 26. The summed E-state index contributed by atoms with van der Waals surface area (Å²) in [6.07, 6.45) is 34.3. The number of aliphatic hydroxyl groups excluding tert-OH is 3. The van der Waals surface area contributed by atoms with E-state index in [1.807, 2.05) is 0 Å². The molecule has 0 radical (unpaired) electrons. The Morgan fingerprint density at radius 2 is 0.644 bits per heavy atom. The van der Waals surface area contributed by atoms with E-state index in [0.717, 1.165) is 57.8 Å². The Labute approximate surface area is 277 Å². The predicted octanol–water partition coefficient (Wildman–Crippen LogP) is 9.91. The molecular weight excluding hydrogens is 564 g/mol. The standard InChI is InChI=1S/C39H74O6/c1-35(41)30-26-22-18-14-10-6-5-8-12-16-20-24-28-32-36(42)31-27-23-19-15-11-7-3-2-4-9-13-17-21-25-29-33-37(43)39(45)38(44)34-40/h38-40,44-45H,2-34H2,1H3. The lowest BCUT2D eigenvalue weighted by atomic mass is 10.0. The van der Waals surface area contributed by atoms with Gasteiger partial charge in [0, 0.05) is 25.7 Å². The van der Waals surface area contributed by atoms with Gasteiger partial charge in [-0.3, -0.25) is 9.59 Å². The van der Waals surface area contributed by atoms with Crippen molar-refractivity contribution in [2.24, 2.45) is 0 Å². The molecule has 2 unspecified atom stereocenters. The lowest BCUT2D eigenvalue weighted by molar-refractivity contribution is -0.134. The second kappa shape index (κ2) is 34.2. The van der Waals surface area contributed by atoms with Crippen LogP contribution in [0.1, 0.15) is 212 Å². The Balaban J connectivity index is 3.24. The summed E-state index contributed by atoms with van der Waals surface area (Å²) in [5.74, 6) is 0.419. The van der Waals surface area contributed by atoms with E-state index in [1.54, 1.807) is 6.92 Å². The molecule has 0 saturated carbocycles. The number of carbonyl (C=O) groups excluding carboxylic acids is 3. The molecule has 6 nitrogen and oxygen atoms in total. The highest BCUT2D eigenvalue weighted by Crippen LogP contribution is 2.16. The molecule has 0 rings (SSSR count). The highest BCUT2D eigenvalue weighted by Gasteiger charge is 2.22. The highest BCUT2D eigenvalue weighted by molar-refractivity contribution is 5.83. The van der Waals surface area contributed by atoms with Gasteiger partial charge in [-0.2, -0.15) is 0 Å². The van der Waals surface area contributed by atoms with Gasteiger partial charge in [0.15, 0.2) is 5.78 Å². The van der Waals surface area contributed by atoms with Crippen LogP contribution in [0.15, 0.2) is 0 Å². The van der Waals surface area contributed by atoms with Crippen LogP contribution in [0.5, 0.6) is 0 Å². The summed E-state index contributed by atoms with van der Waals surface area (Å²) in [7, 11) is 0. The Hall–Kier alpha value is -1.11. The van der Waals surface area contributed by atoms with Crippen molar-refractivity contribution in [1.82, 2.24) is 0 Å². The van der Waals surface area contributed by atoms with Gasteiger partial charge in [0.25, 0.3) is 0 Å². The van der Waals surface area contributed by atoms with E-state index in [9.17, 15) is 24.6 Å². The van der Waals surface area contributed by atoms with Gasteiger partial charge >= 0.3 is 0 Å². The number of rotatable bonds is 37. The monoisotopic (exact) mass is 639 g/mol. The predicted molar refractivity (Wildman–Crippen MR) is 188 cm³/mol. The first kappa shape index (κ1) is 43.9. The zero-order valence-electron chi connectivity index (χ0n) is 29.6. The van der Waals surface area contributed by atoms with Crippen LogP contribution in [0.2, 0.25) is 0 Å². The molecule has 266 valence electrons. The Bertz CT molecular complexity index is 678. The number of hydrogen-bond acceptors (Lipinski definition) is 6. The van der Waals surface area contributed by atoms with Gasteiger partial charge in [0.05, 0.1) is 6.61 Å². The van der Waals surface area contributed by atoms with E-state index >= 15 is 0 Å². The summed E-state index contributed by atoms with van der Waals surface area (Å²) in [4.78, 5) is 34.8. The average molecular weight is 639 g/mol. The maximum absolute atomic E-state index is 12.2. The van der Waals surface area contributed by atoms with Crippen molar-refractivity contribution >= 4 is 17.3 Å². The molecule has 0 saturated heterocycles. The number of Topliss-reactive ketones (excluding diaryl/α,β-unsaturated/α-hetero) is 3. The van der Waals surface area contributed by atoms with Crippen molar-refractivity contribution in [2.75, 3.05) is 6.61 Å². The van der Waals surface area contributed by atoms with Crippen LogP contribution < -0.4 is 0 Å². The third-order valence-corrected chi connectivity index (χ3v) is 9.24. The summed E-state index contributed by atoms with van der Waals surface area (Å²) in [5, 5.41) is 27.6. The van der Waals surface area contributed by atoms with E-state index < -0.39 is 18.8 Å². The lowest BCUT2D eigenvalue weighted by Gasteiger charge is -2.13. The second-order valence-corrected chi connectivity index (χ2v) is 13.8. The van der Waals surface area contributed by atoms with Gasteiger partial charge in [-0.25, -0.2) is 0 Å². The number of aliphatic hydroxyl groups is 3. The highest BCUT2D eigenvalue weighted by atomic mass is 16.4. The minimum Gasteiger partial charge on any atom is -0.394 e. The summed E-state index contributed by atoms with van der Waals surface area (Å²) >= 11 is 0. The van der Waals surface area contributed by atoms with Crippen LogP contribution >= 0.6 is 0 Å². The van der Waals surface area contributed by atoms with E-state index in [-0.39, 0.29) is 12.2 Å². The number of ketones is 3. The molecule has 0 spiro atoms. The maximum Gasteiger partial charge on any atom is 0.164 e. The molecule has 0 amide bonds. The SMILES string of the molecule is CC(=O)CCCCCCCCCCCCCCCC(=O)CCCCCCCCCCCCCCCCCC(=O)C(O)C(O)CO. The minimum atomic E-state index is -1.45. The summed E-state index contributed by atoms with van der Waals surface area (Å²) < 4.78 is 0. The van der Waals surface area contributed by atoms with Gasteiger partial charge in [0.2, 0.25) is 0 Å². The van der Waals surface area contributed by atoms with Crippen LogP contribution in [0.3, 0.4) is 0 Å². The van der Waals surface area contributed by atoms with Crippen molar-refractivity contribution in [3.8, 4) is 0 Å². The first-order chi connectivity index (χ1) is 21.9. The number of carbonyl (C=O) groups is 3. The van der Waals surface area contributed by atoms with Gasteiger partial charge in [-0.05, 0) is 32.6 Å². The van der Waals surface area contributed by atoms with Crippen molar-refractivity contribution < 1.29 is 29.7 Å². The van der Waals surface area contributed by atoms with Crippen LogP contribution in [0.25, 0.3) is 0 Å². The van der Waals surface area contributed by atoms with Crippen LogP contribution in [0.4, 0.5) is 0 Å². The molecule has 6 heteroatoms. The second-order valence-electron chi connectivity index (χ2n) is 13.8. The molecule has 0 bridgehead atoms. The quantitative estimate of drug-likeness (QED) is 0.0584. The van der Waals surface area contributed by atoms with Crippen LogP contribution in [0, 0.1) is 0 Å². The van der Waals surface area contributed by atoms with Crippen molar-refractivity contribution in [3.63, 3.8) is 0 Å². The molecule has 0 aliphatic rings. The molecule has 0 aromatic rings. The van der Waals surface area contributed by atoms with Crippen molar-refractivity contribution in [1.29, 1.82) is 0 Å². The lowest BCUT2D eigenvalue weighted by Crippen LogP contribution is -2.36. The molecule has 0 aliphatic heterocycles. The van der Waals surface area contributed by atoms with Crippen LogP contribution in [-0.2, 0) is 14.4 Å². The smallest absolute Gasteiger partial charge is 0.164 e. The van der Waals surface area contributed by atoms with Gasteiger partial charge in [-0.15, -0.1) is 0 Å². The fourth-order valence-electron chi connectivity index (χ4n) is 6.15. The maximum atomic E-state index is 12.2. The fourth-order valence-corrected chi connectivity index (χ4v) is 6.15. The molecule has 0 aromatic heterocycles. The Morgan fingerprint density at radius 1 is 0.400 bits per heavy atom. The molecule has 0 fully saturated rings. The first-order valence-corrected chi connectivity index (χ1v) is 19.4. The fraction of sp³-hybridized carbons (Fsp3) is 0.923. The van der Waals surface area contributed by atoms with Gasteiger partial charge in [-0.1, -0.05) is 154 Å². The van der Waals surface area contributed by atoms with E-state index in [2.05, 4.69) is 0 Å². The van der Waals surface area contributed by atoms with Crippen LogP contribution in [-0.4, -0.2) is 51.5 Å². The van der Waals surface area contributed by atoms with Crippen molar-refractivity contribution in [2.45, 2.75) is 225 Å². The summed E-state index contributed by atoms with van der Waals surface area (Å²) in [5.41, 5.74) is 0. The largest absolute Gasteiger partial charge is 0.394 e. The average Bonchev–Trinajstić information content (AvgIpc) is 3.03. The minimum absolute atomic E-state index is 0.269. The molecule has 3 N–H and O–H groups in total. The molecule has 45 heavy (non-hydrogen) atoms. The van der Waals surface area contributed by atoms with Gasteiger partial charge < -0.3 is 20.1 Å². The zero-order valence-corrected chi connectivity index (χ0v) is 29.6.